The number of urea groups is 1. The number of rotatable bonds is 6. The smallest absolute Gasteiger partial charge is 0.306 e. The Labute approximate surface area is 188 Å². The van der Waals surface area contributed by atoms with Crippen LogP contribution in [0.15, 0.2) is 47.8 Å². The van der Waals surface area contributed by atoms with Crippen molar-refractivity contribution in [2.24, 2.45) is 0 Å². The van der Waals surface area contributed by atoms with E-state index in [1.165, 1.54) is 6.20 Å². The third-order valence-electron chi connectivity index (χ3n) is 5.18. The van der Waals surface area contributed by atoms with Crippen molar-refractivity contribution in [2.75, 3.05) is 5.32 Å². The highest BCUT2D eigenvalue weighted by Gasteiger charge is 2.24. The number of halogens is 2. The summed E-state index contributed by atoms with van der Waals surface area (Å²) in [6.07, 6.45) is 3.00. The zero-order valence-electron chi connectivity index (χ0n) is 17.1. The molecule has 2 heterocycles. The highest BCUT2D eigenvalue weighted by molar-refractivity contribution is 7.90. The average molecular weight is 472 g/mol. The average Bonchev–Trinajstić information content (AvgIpc) is 3.43. The number of carbonyl (C=O) groups is 1. The first-order valence-electron chi connectivity index (χ1n) is 9.92. The number of nitriles is 1. The van der Waals surface area contributed by atoms with Gasteiger partial charge in [0, 0.05) is 18.0 Å². The number of nitrogens with one attached hydrogen (secondary N) is 2. The number of hydrogen-bond donors (Lipinski definition) is 2. The summed E-state index contributed by atoms with van der Waals surface area (Å²) in [4.78, 5) is 16.2. The van der Waals surface area contributed by atoms with Gasteiger partial charge in [-0.25, -0.2) is 31.7 Å². The maximum absolute atomic E-state index is 12.7. The van der Waals surface area contributed by atoms with Crippen molar-refractivity contribution in [3.8, 4) is 17.2 Å². The van der Waals surface area contributed by atoms with Gasteiger partial charge in [0.15, 0.2) is 0 Å². The summed E-state index contributed by atoms with van der Waals surface area (Å²) < 4.78 is 52.8. The fourth-order valence-corrected chi connectivity index (χ4v) is 4.61. The molecule has 170 valence electrons. The Kier molecular flexibility index (Phi) is 6.06. The number of amides is 2. The van der Waals surface area contributed by atoms with E-state index in [4.69, 9.17) is 5.26 Å². The van der Waals surface area contributed by atoms with E-state index >= 15 is 0 Å². The fourth-order valence-electron chi connectivity index (χ4n) is 3.75. The lowest BCUT2D eigenvalue weighted by molar-refractivity contribution is 0.121. The van der Waals surface area contributed by atoms with Crippen LogP contribution >= 0.6 is 0 Å². The third kappa shape index (κ3) is 4.83. The van der Waals surface area contributed by atoms with Crippen LogP contribution in [0.3, 0.4) is 0 Å². The molecule has 33 heavy (non-hydrogen) atoms. The van der Waals surface area contributed by atoms with Crippen LogP contribution in [0.25, 0.3) is 11.1 Å². The lowest BCUT2D eigenvalue weighted by Gasteiger charge is -2.16. The molecule has 0 bridgehead atoms. The number of aromatic nitrogens is 3. The molecule has 9 nitrogen and oxygen atoms in total. The topological polar surface area (TPSA) is 130 Å². The summed E-state index contributed by atoms with van der Waals surface area (Å²) in [6, 6.07) is 7.98. The van der Waals surface area contributed by atoms with Crippen LogP contribution in [-0.2, 0) is 29.4 Å². The van der Waals surface area contributed by atoms with Crippen molar-refractivity contribution in [3.05, 3.63) is 59.7 Å². The van der Waals surface area contributed by atoms with Gasteiger partial charge in [-0.15, -0.1) is 0 Å². The minimum absolute atomic E-state index is 0.201. The molecule has 1 aromatic carbocycles. The van der Waals surface area contributed by atoms with Gasteiger partial charge in [0.05, 0.1) is 11.9 Å². The molecule has 3 aromatic rings. The molecule has 1 aliphatic carbocycles. The molecule has 4 rings (SSSR count). The summed E-state index contributed by atoms with van der Waals surface area (Å²) in [6.45, 7) is -0.766. The maximum atomic E-state index is 12.7. The first kappa shape index (κ1) is 22.3. The number of fused-ring (bicyclic) bond motifs is 1. The van der Waals surface area contributed by atoms with Crippen molar-refractivity contribution in [1.29, 1.82) is 5.26 Å². The van der Waals surface area contributed by atoms with Crippen LogP contribution in [0.4, 0.5) is 19.3 Å². The normalized spacial score (nSPS) is 12.9. The highest BCUT2D eigenvalue weighted by Crippen LogP contribution is 2.37. The SMILES string of the molecule is N#Cc1cc(-c2ccc3c(c2NC(=O)NS(=O)(=O)c2cnn(CC(F)F)c2)CCC3)ccn1. The molecular formula is C21H18F2N6O3S. The Bertz CT molecular complexity index is 1360. The van der Waals surface area contributed by atoms with Gasteiger partial charge in [-0.1, -0.05) is 12.1 Å². The maximum Gasteiger partial charge on any atom is 0.333 e. The van der Waals surface area contributed by atoms with E-state index in [0.717, 1.165) is 41.0 Å². The Hall–Kier alpha value is -3.85. The number of sulfonamides is 1. The van der Waals surface area contributed by atoms with Gasteiger partial charge in [-0.05, 0) is 48.1 Å². The molecule has 0 atom stereocenters. The number of pyridine rings is 1. The summed E-state index contributed by atoms with van der Waals surface area (Å²) in [5.41, 5.74) is 3.84. The van der Waals surface area contributed by atoms with Crippen LogP contribution in [0.2, 0.25) is 0 Å². The Morgan fingerprint density at radius 3 is 2.85 bits per heavy atom. The van der Waals surface area contributed by atoms with Gasteiger partial charge in [0.2, 0.25) is 0 Å². The predicted molar refractivity (Wildman–Crippen MR) is 114 cm³/mol. The van der Waals surface area contributed by atoms with E-state index in [-0.39, 0.29) is 5.69 Å². The van der Waals surface area contributed by atoms with Gasteiger partial charge in [0.1, 0.15) is 23.2 Å². The van der Waals surface area contributed by atoms with E-state index in [9.17, 15) is 22.0 Å². The predicted octanol–water partition coefficient (Wildman–Crippen LogP) is 3.08. The number of benzene rings is 1. The number of hydrogen-bond acceptors (Lipinski definition) is 6. The lowest BCUT2D eigenvalue weighted by Crippen LogP contribution is -2.34. The molecule has 2 N–H and O–H groups in total. The molecule has 0 fully saturated rings. The number of anilines is 1. The van der Waals surface area contributed by atoms with Crippen molar-refractivity contribution in [1.82, 2.24) is 19.5 Å². The summed E-state index contributed by atoms with van der Waals surface area (Å²) >= 11 is 0. The zero-order chi connectivity index (χ0) is 23.6. The second-order valence-corrected chi connectivity index (χ2v) is 9.05. The van der Waals surface area contributed by atoms with Gasteiger partial charge < -0.3 is 5.32 Å². The van der Waals surface area contributed by atoms with Crippen LogP contribution in [0.1, 0.15) is 23.2 Å². The summed E-state index contributed by atoms with van der Waals surface area (Å²) in [5, 5.41) is 15.4. The van der Waals surface area contributed by atoms with E-state index in [1.807, 2.05) is 16.9 Å². The van der Waals surface area contributed by atoms with Crippen LogP contribution in [-0.4, -0.2) is 35.6 Å². The number of nitrogens with zero attached hydrogens (tertiary/aromatic N) is 4. The van der Waals surface area contributed by atoms with Gasteiger partial charge in [-0.2, -0.15) is 10.4 Å². The molecule has 2 amide bonds. The molecule has 0 unspecified atom stereocenters. The number of aryl methyl sites for hydroxylation is 1. The molecular weight excluding hydrogens is 454 g/mol. The largest absolute Gasteiger partial charge is 0.333 e. The third-order valence-corrected chi connectivity index (χ3v) is 6.46. The molecule has 0 saturated heterocycles. The minimum atomic E-state index is -4.34. The van der Waals surface area contributed by atoms with E-state index < -0.39 is 33.9 Å². The number of alkyl halides is 2. The second-order valence-electron chi connectivity index (χ2n) is 7.37. The molecule has 0 spiro atoms. The lowest BCUT2D eigenvalue weighted by atomic mass is 9.97. The summed E-state index contributed by atoms with van der Waals surface area (Å²) in [5.74, 6) is 0. The molecule has 0 saturated carbocycles. The van der Waals surface area contributed by atoms with E-state index in [2.05, 4.69) is 15.4 Å². The van der Waals surface area contributed by atoms with E-state index in [1.54, 1.807) is 18.2 Å². The Morgan fingerprint density at radius 1 is 1.27 bits per heavy atom. The fraction of sp³-hybridized carbons (Fsp3) is 0.238. The first-order valence-corrected chi connectivity index (χ1v) is 11.4. The number of carbonyl (C=O) groups excluding carboxylic acids is 1. The van der Waals surface area contributed by atoms with Crippen molar-refractivity contribution in [3.63, 3.8) is 0 Å². The molecule has 1 aliphatic rings. The first-order chi connectivity index (χ1) is 15.8. The van der Waals surface area contributed by atoms with E-state index in [0.29, 0.717) is 23.2 Å². The van der Waals surface area contributed by atoms with Gasteiger partial charge in [0.25, 0.3) is 16.4 Å². The second kappa shape index (κ2) is 8.95. The van der Waals surface area contributed by atoms with Crippen LogP contribution in [0.5, 0.6) is 0 Å². The van der Waals surface area contributed by atoms with Crippen LogP contribution in [0, 0.1) is 11.3 Å². The Balaban J connectivity index is 1.62. The van der Waals surface area contributed by atoms with Crippen molar-refractivity contribution >= 4 is 21.7 Å². The van der Waals surface area contributed by atoms with Gasteiger partial charge in [-0.3, -0.25) is 4.68 Å². The van der Waals surface area contributed by atoms with Crippen molar-refractivity contribution < 1.29 is 22.0 Å². The molecule has 0 radical (unpaired) electrons. The standard InChI is InChI=1S/C21H18F2N6O3S/c22-19(23)12-29-11-16(10-26-29)33(31,32)28-21(30)27-20-17-3-1-2-13(17)4-5-18(20)14-6-7-25-15(8-14)9-24/h4-8,10-11,19H,1-3,12H2,(H2,27,28,30). The van der Waals surface area contributed by atoms with Gasteiger partial charge >= 0.3 is 6.03 Å². The summed E-state index contributed by atoms with van der Waals surface area (Å²) in [7, 11) is -4.34. The molecule has 2 aromatic heterocycles. The molecule has 0 aliphatic heterocycles. The van der Waals surface area contributed by atoms with Crippen LogP contribution < -0.4 is 10.0 Å². The highest BCUT2D eigenvalue weighted by atomic mass is 32.2. The molecule has 12 heteroatoms. The zero-order valence-corrected chi connectivity index (χ0v) is 17.9. The minimum Gasteiger partial charge on any atom is -0.306 e. The quantitative estimate of drug-likeness (QED) is 0.567. The van der Waals surface area contributed by atoms with Crippen molar-refractivity contribution in [2.45, 2.75) is 37.1 Å². The Morgan fingerprint density at radius 2 is 2.09 bits per heavy atom. The monoisotopic (exact) mass is 472 g/mol.